The minimum Gasteiger partial charge on any atom is -0.381 e. The Kier molecular flexibility index (Phi) is 8.71. The predicted octanol–water partition coefficient (Wildman–Crippen LogP) is 4.14. The van der Waals surface area contributed by atoms with Gasteiger partial charge in [0.2, 0.25) is 0 Å². The molecule has 1 aromatic heterocycles. The Morgan fingerprint density at radius 1 is 1.19 bits per heavy atom. The molecule has 1 aliphatic rings. The van der Waals surface area contributed by atoms with Crippen LogP contribution in [0.2, 0.25) is 0 Å². The largest absolute Gasteiger partial charge is 0.381 e. The Labute approximate surface area is 201 Å². The number of ether oxygens (including phenoxy) is 1. The molecule has 4 rings (SSSR count). The third-order valence-corrected chi connectivity index (χ3v) is 5.57. The van der Waals surface area contributed by atoms with Gasteiger partial charge in [0.25, 0.3) is 0 Å². The van der Waals surface area contributed by atoms with Crippen molar-refractivity contribution in [2.45, 2.75) is 26.4 Å². The normalized spacial score (nSPS) is 16.3. The lowest BCUT2D eigenvalue weighted by molar-refractivity contribution is 0.181. The van der Waals surface area contributed by atoms with Gasteiger partial charge in [-0.1, -0.05) is 36.4 Å². The molecular formula is C24H32IN5O. The van der Waals surface area contributed by atoms with Crippen molar-refractivity contribution in [3.8, 4) is 0 Å². The highest BCUT2D eigenvalue weighted by Gasteiger charge is 2.19. The minimum atomic E-state index is 0. The van der Waals surface area contributed by atoms with Gasteiger partial charge in [-0.25, -0.2) is 9.98 Å². The van der Waals surface area contributed by atoms with E-state index in [2.05, 4.69) is 70.1 Å². The van der Waals surface area contributed by atoms with E-state index in [1.807, 2.05) is 18.5 Å². The van der Waals surface area contributed by atoms with Crippen molar-refractivity contribution in [3.63, 3.8) is 0 Å². The Morgan fingerprint density at radius 3 is 2.71 bits per heavy atom. The Hall–Kier alpha value is -2.13. The topological polar surface area (TPSA) is 54.7 Å². The molecule has 1 atom stereocenters. The summed E-state index contributed by atoms with van der Waals surface area (Å²) in [7, 11) is 2.11. The average molecular weight is 533 g/mol. The number of hydrogen-bond acceptors (Lipinski definition) is 3. The van der Waals surface area contributed by atoms with Crippen molar-refractivity contribution in [2.75, 3.05) is 33.4 Å². The summed E-state index contributed by atoms with van der Waals surface area (Å²) >= 11 is 0. The molecule has 0 aliphatic carbocycles. The van der Waals surface area contributed by atoms with Crippen LogP contribution >= 0.6 is 24.0 Å². The summed E-state index contributed by atoms with van der Waals surface area (Å²) < 4.78 is 7.69. The molecule has 1 N–H and O–H groups in total. The SMILES string of the molecule is CCNC(=NCc1ccc(Cn2cnc3ccccc32)cc1)N(C)CC1CCOC1.I. The Bertz CT molecular complexity index is 979. The van der Waals surface area contributed by atoms with Gasteiger partial charge < -0.3 is 19.5 Å². The summed E-state index contributed by atoms with van der Waals surface area (Å²) in [5.74, 6) is 1.55. The number of halogens is 1. The molecule has 1 unspecified atom stereocenters. The molecule has 31 heavy (non-hydrogen) atoms. The van der Waals surface area contributed by atoms with Crippen molar-refractivity contribution in [3.05, 3.63) is 66.0 Å². The van der Waals surface area contributed by atoms with Crippen LogP contribution in [0.15, 0.2) is 59.9 Å². The lowest BCUT2D eigenvalue weighted by Gasteiger charge is -2.24. The monoisotopic (exact) mass is 533 g/mol. The van der Waals surface area contributed by atoms with Crippen LogP contribution in [0.4, 0.5) is 0 Å². The second kappa shape index (κ2) is 11.5. The molecule has 0 radical (unpaired) electrons. The van der Waals surface area contributed by atoms with Crippen LogP contribution in [0.5, 0.6) is 0 Å². The summed E-state index contributed by atoms with van der Waals surface area (Å²) in [6, 6.07) is 17.0. The van der Waals surface area contributed by atoms with Crippen molar-refractivity contribution >= 4 is 41.0 Å². The molecule has 0 bridgehead atoms. The van der Waals surface area contributed by atoms with Gasteiger partial charge in [0.1, 0.15) is 0 Å². The summed E-state index contributed by atoms with van der Waals surface area (Å²) in [4.78, 5) is 11.5. The number of aliphatic imine (C=N–C) groups is 1. The molecule has 0 spiro atoms. The van der Waals surface area contributed by atoms with E-state index in [0.717, 1.165) is 56.3 Å². The molecule has 0 amide bonds. The number of nitrogens with one attached hydrogen (secondary N) is 1. The van der Waals surface area contributed by atoms with Gasteiger partial charge in [-0.15, -0.1) is 24.0 Å². The summed E-state index contributed by atoms with van der Waals surface area (Å²) in [5, 5.41) is 3.41. The fourth-order valence-corrected chi connectivity index (χ4v) is 3.92. The molecule has 2 heterocycles. The molecule has 0 saturated carbocycles. The Balaban J connectivity index is 0.00000272. The summed E-state index contributed by atoms with van der Waals surface area (Å²) in [6.07, 6.45) is 3.05. The maximum absolute atomic E-state index is 5.51. The van der Waals surface area contributed by atoms with Gasteiger partial charge in [0, 0.05) is 39.2 Å². The van der Waals surface area contributed by atoms with E-state index in [9.17, 15) is 0 Å². The van der Waals surface area contributed by atoms with E-state index in [0.29, 0.717) is 12.5 Å². The zero-order valence-corrected chi connectivity index (χ0v) is 20.7. The molecule has 1 aliphatic heterocycles. The highest BCUT2D eigenvalue weighted by Crippen LogP contribution is 2.16. The number of benzene rings is 2. The van der Waals surface area contributed by atoms with Gasteiger partial charge >= 0.3 is 0 Å². The smallest absolute Gasteiger partial charge is 0.193 e. The van der Waals surface area contributed by atoms with Gasteiger partial charge in [0.05, 0.1) is 30.5 Å². The number of nitrogens with zero attached hydrogens (tertiary/aromatic N) is 4. The zero-order chi connectivity index (χ0) is 20.8. The molecule has 6 nitrogen and oxygen atoms in total. The minimum absolute atomic E-state index is 0. The lowest BCUT2D eigenvalue weighted by atomic mass is 10.1. The average Bonchev–Trinajstić information content (AvgIpc) is 3.42. The highest BCUT2D eigenvalue weighted by atomic mass is 127. The predicted molar refractivity (Wildman–Crippen MR) is 137 cm³/mol. The van der Waals surface area contributed by atoms with Crippen LogP contribution in [0, 0.1) is 5.92 Å². The number of fused-ring (bicyclic) bond motifs is 1. The van der Waals surface area contributed by atoms with E-state index in [1.54, 1.807) is 0 Å². The fraction of sp³-hybridized carbons (Fsp3) is 0.417. The number of hydrogen-bond donors (Lipinski definition) is 1. The number of aromatic nitrogens is 2. The summed E-state index contributed by atoms with van der Waals surface area (Å²) in [6.45, 7) is 7.17. The first-order valence-corrected chi connectivity index (χ1v) is 10.8. The quantitative estimate of drug-likeness (QED) is 0.282. The molecule has 1 saturated heterocycles. The van der Waals surface area contributed by atoms with Crippen molar-refractivity contribution in [1.29, 1.82) is 0 Å². The molecule has 3 aromatic rings. The van der Waals surface area contributed by atoms with E-state index in [-0.39, 0.29) is 24.0 Å². The van der Waals surface area contributed by atoms with Crippen molar-refractivity contribution < 1.29 is 4.74 Å². The van der Waals surface area contributed by atoms with Crippen LogP contribution < -0.4 is 5.32 Å². The first kappa shape index (κ1) is 23.5. The highest BCUT2D eigenvalue weighted by molar-refractivity contribution is 14.0. The first-order chi connectivity index (χ1) is 14.7. The lowest BCUT2D eigenvalue weighted by Crippen LogP contribution is -2.41. The molecule has 1 fully saturated rings. The third kappa shape index (κ3) is 6.20. The molecule has 166 valence electrons. The first-order valence-electron chi connectivity index (χ1n) is 10.8. The molecule has 2 aromatic carbocycles. The van der Waals surface area contributed by atoms with Crippen LogP contribution in [0.1, 0.15) is 24.5 Å². The van der Waals surface area contributed by atoms with E-state index < -0.39 is 0 Å². The van der Waals surface area contributed by atoms with Crippen LogP contribution in [-0.4, -0.2) is 53.8 Å². The molecule has 7 heteroatoms. The number of imidazole rings is 1. The summed E-state index contributed by atoms with van der Waals surface area (Å²) in [5.41, 5.74) is 4.67. The standard InChI is InChI=1S/C24H31N5O.HI/c1-3-25-24(28(2)15-21-12-13-30-17-21)26-14-19-8-10-20(11-9-19)16-29-18-27-22-6-4-5-7-23(22)29;/h4-11,18,21H,3,12-17H2,1-2H3,(H,25,26);1H. The van der Waals surface area contributed by atoms with Crippen LogP contribution in [0.3, 0.4) is 0 Å². The number of rotatable bonds is 7. The second-order valence-electron chi connectivity index (χ2n) is 7.96. The van der Waals surface area contributed by atoms with Crippen LogP contribution in [0.25, 0.3) is 11.0 Å². The van der Waals surface area contributed by atoms with E-state index >= 15 is 0 Å². The fourth-order valence-electron chi connectivity index (χ4n) is 3.92. The van der Waals surface area contributed by atoms with Gasteiger partial charge in [-0.3, -0.25) is 0 Å². The van der Waals surface area contributed by atoms with Gasteiger partial charge in [-0.2, -0.15) is 0 Å². The molecular weight excluding hydrogens is 501 g/mol. The number of guanidine groups is 1. The van der Waals surface area contributed by atoms with Gasteiger partial charge in [0.15, 0.2) is 5.96 Å². The van der Waals surface area contributed by atoms with E-state index in [4.69, 9.17) is 9.73 Å². The second-order valence-corrected chi connectivity index (χ2v) is 7.96. The number of para-hydroxylation sites is 2. The van der Waals surface area contributed by atoms with Crippen molar-refractivity contribution in [1.82, 2.24) is 19.8 Å². The maximum Gasteiger partial charge on any atom is 0.193 e. The van der Waals surface area contributed by atoms with Crippen molar-refractivity contribution in [2.24, 2.45) is 10.9 Å². The third-order valence-electron chi connectivity index (χ3n) is 5.57. The van der Waals surface area contributed by atoms with E-state index in [1.165, 1.54) is 11.1 Å². The zero-order valence-electron chi connectivity index (χ0n) is 18.3. The Morgan fingerprint density at radius 2 is 1.97 bits per heavy atom. The van der Waals surface area contributed by atoms with Gasteiger partial charge in [-0.05, 0) is 36.6 Å². The maximum atomic E-state index is 5.51. The van der Waals surface area contributed by atoms with Crippen LogP contribution in [-0.2, 0) is 17.8 Å².